The van der Waals surface area contributed by atoms with E-state index >= 15 is 0 Å². The highest BCUT2D eigenvalue weighted by molar-refractivity contribution is 5.97. The van der Waals surface area contributed by atoms with Gasteiger partial charge in [-0.15, -0.1) is 0 Å². The van der Waals surface area contributed by atoms with Crippen molar-refractivity contribution >= 4 is 23.4 Å². The highest BCUT2D eigenvalue weighted by Gasteiger charge is 2.24. The summed E-state index contributed by atoms with van der Waals surface area (Å²) in [5, 5.41) is 5.53. The molecule has 0 saturated carbocycles. The van der Waals surface area contributed by atoms with E-state index < -0.39 is 11.9 Å². The zero-order chi connectivity index (χ0) is 23.5. The fraction of sp³-hybridized carbons (Fsp3) is 0.320. The van der Waals surface area contributed by atoms with Crippen LogP contribution < -0.4 is 16.1 Å². The summed E-state index contributed by atoms with van der Waals surface area (Å²) in [4.78, 5) is 41.1. The van der Waals surface area contributed by atoms with Crippen LogP contribution in [0.5, 0.6) is 0 Å². The van der Waals surface area contributed by atoms with Gasteiger partial charge in [-0.3, -0.25) is 19.2 Å². The Morgan fingerprint density at radius 2 is 1.47 bits per heavy atom. The molecule has 2 aromatic rings. The second-order valence-electron chi connectivity index (χ2n) is 7.40. The van der Waals surface area contributed by atoms with E-state index in [1.807, 2.05) is 26.0 Å². The second-order valence-corrected chi connectivity index (χ2v) is 7.40. The minimum atomic E-state index is -0.710. The Bertz CT molecular complexity index is 987. The number of carbonyl (C=O) groups is 3. The highest BCUT2D eigenvalue weighted by atomic mass is 16.6. The molecule has 1 unspecified atom stereocenters. The number of amides is 3. The molecule has 0 heterocycles. The number of hydroxylamine groups is 1. The summed E-state index contributed by atoms with van der Waals surface area (Å²) in [6, 6.07) is 13.4. The lowest BCUT2D eigenvalue weighted by Gasteiger charge is -2.21. The number of carbonyl (C=O) groups excluding carboxylic acids is 3. The van der Waals surface area contributed by atoms with Crippen molar-refractivity contribution in [2.75, 3.05) is 11.9 Å². The number of hydrogen-bond donors (Lipinski definition) is 3. The topological polar surface area (TPSA) is 96.5 Å². The van der Waals surface area contributed by atoms with Crippen LogP contribution in [0.1, 0.15) is 55.6 Å². The number of nitrogens with one attached hydrogen (secondary N) is 3. The van der Waals surface area contributed by atoms with Crippen molar-refractivity contribution in [3.63, 3.8) is 0 Å². The van der Waals surface area contributed by atoms with Crippen LogP contribution in [0, 0.1) is 17.8 Å². The Morgan fingerprint density at radius 3 is 1.97 bits per heavy atom. The van der Waals surface area contributed by atoms with E-state index in [1.54, 1.807) is 50.2 Å². The fourth-order valence-electron chi connectivity index (χ4n) is 2.70. The maximum atomic E-state index is 12.6. The lowest BCUT2D eigenvalue weighted by atomic mass is 10.0. The Balaban J connectivity index is 2.01. The van der Waals surface area contributed by atoms with Gasteiger partial charge in [0.2, 0.25) is 5.91 Å². The Kier molecular flexibility index (Phi) is 9.45. The molecule has 168 valence electrons. The first-order valence-electron chi connectivity index (χ1n) is 10.6. The number of hydrogen-bond acceptors (Lipinski definition) is 4. The average Bonchev–Trinajstić information content (AvgIpc) is 2.80. The van der Waals surface area contributed by atoms with Gasteiger partial charge in [0, 0.05) is 28.8 Å². The third-order valence-electron chi connectivity index (χ3n) is 4.54. The molecule has 2 aromatic carbocycles. The van der Waals surface area contributed by atoms with Crippen molar-refractivity contribution in [3.8, 4) is 11.8 Å². The van der Waals surface area contributed by atoms with Crippen molar-refractivity contribution in [2.45, 2.75) is 40.2 Å². The van der Waals surface area contributed by atoms with E-state index in [1.165, 1.54) is 0 Å². The Labute approximate surface area is 188 Å². The summed E-state index contributed by atoms with van der Waals surface area (Å²) < 4.78 is 0. The van der Waals surface area contributed by atoms with Crippen LogP contribution in [-0.4, -0.2) is 30.4 Å². The van der Waals surface area contributed by atoms with E-state index in [9.17, 15) is 14.4 Å². The van der Waals surface area contributed by atoms with Crippen LogP contribution in [0.4, 0.5) is 5.69 Å². The van der Waals surface area contributed by atoms with E-state index in [0.717, 1.165) is 16.8 Å². The molecular weight excluding hydrogens is 406 g/mol. The van der Waals surface area contributed by atoms with Crippen molar-refractivity contribution in [2.24, 2.45) is 5.92 Å². The van der Waals surface area contributed by atoms with Crippen LogP contribution in [0.3, 0.4) is 0 Å². The monoisotopic (exact) mass is 435 g/mol. The van der Waals surface area contributed by atoms with Gasteiger partial charge in [-0.05, 0) is 61.4 Å². The minimum absolute atomic E-state index is 0.0393. The van der Waals surface area contributed by atoms with Gasteiger partial charge < -0.3 is 10.6 Å². The van der Waals surface area contributed by atoms with Gasteiger partial charge in [0.25, 0.3) is 11.8 Å². The molecule has 2 rings (SSSR count). The van der Waals surface area contributed by atoms with Crippen LogP contribution >= 0.6 is 0 Å². The SMILES string of the molecule is CCONC(=O)C(NC(=O)c1ccc(C#Cc2ccc(NC(=O)CC)cc2)cc1)C(C)C. The quantitative estimate of drug-likeness (QED) is 0.438. The number of benzene rings is 2. The standard InChI is InChI=1S/C25H29N3O4/c1-5-22(29)26-21-15-11-19(12-16-21)8-7-18-9-13-20(14-10-18)24(30)27-23(17(3)4)25(31)28-32-6-2/h9-17,23H,5-6H2,1-4H3,(H,26,29)(H,27,30)(H,28,31). The van der Waals surface area contributed by atoms with Gasteiger partial charge in [0.1, 0.15) is 6.04 Å². The van der Waals surface area contributed by atoms with Gasteiger partial charge in [-0.25, -0.2) is 5.48 Å². The zero-order valence-corrected chi connectivity index (χ0v) is 18.8. The second kappa shape index (κ2) is 12.3. The molecule has 7 nitrogen and oxygen atoms in total. The van der Waals surface area contributed by atoms with Crippen molar-refractivity contribution in [3.05, 3.63) is 65.2 Å². The Hall–Kier alpha value is -3.63. The predicted molar refractivity (Wildman–Crippen MR) is 124 cm³/mol. The lowest BCUT2D eigenvalue weighted by molar-refractivity contribution is -0.136. The van der Waals surface area contributed by atoms with Crippen LogP contribution in [0.2, 0.25) is 0 Å². The molecule has 0 radical (unpaired) electrons. The summed E-state index contributed by atoms with van der Waals surface area (Å²) in [7, 11) is 0. The van der Waals surface area contributed by atoms with E-state index in [0.29, 0.717) is 18.6 Å². The summed E-state index contributed by atoms with van der Waals surface area (Å²) in [5.74, 6) is 5.22. The van der Waals surface area contributed by atoms with Gasteiger partial charge in [-0.1, -0.05) is 32.6 Å². The molecular formula is C25H29N3O4. The summed E-state index contributed by atoms with van der Waals surface area (Å²) >= 11 is 0. The summed E-state index contributed by atoms with van der Waals surface area (Å²) in [5.41, 5.74) is 5.05. The van der Waals surface area contributed by atoms with Gasteiger partial charge >= 0.3 is 0 Å². The zero-order valence-electron chi connectivity index (χ0n) is 18.8. The molecule has 0 aliphatic heterocycles. The molecule has 0 fully saturated rings. The lowest BCUT2D eigenvalue weighted by Crippen LogP contribution is -2.49. The van der Waals surface area contributed by atoms with Crippen molar-refractivity contribution in [1.29, 1.82) is 0 Å². The third-order valence-corrected chi connectivity index (χ3v) is 4.54. The minimum Gasteiger partial charge on any atom is -0.340 e. The number of anilines is 1. The first-order valence-corrected chi connectivity index (χ1v) is 10.6. The maximum Gasteiger partial charge on any atom is 0.266 e. The summed E-state index contributed by atoms with van der Waals surface area (Å²) in [6.45, 7) is 7.59. The largest absolute Gasteiger partial charge is 0.340 e. The number of rotatable bonds is 8. The molecule has 3 amide bonds. The van der Waals surface area contributed by atoms with Crippen LogP contribution in [-0.2, 0) is 14.4 Å². The molecule has 7 heteroatoms. The van der Waals surface area contributed by atoms with E-state index in [4.69, 9.17) is 4.84 Å². The smallest absolute Gasteiger partial charge is 0.266 e. The normalized spacial score (nSPS) is 11.2. The maximum absolute atomic E-state index is 12.6. The van der Waals surface area contributed by atoms with Gasteiger partial charge in [0.05, 0.1) is 6.61 Å². The van der Waals surface area contributed by atoms with Gasteiger partial charge in [-0.2, -0.15) is 0 Å². The van der Waals surface area contributed by atoms with Crippen molar-refractivity contribution < 1.29 is 19.2 Å². The molecule has 1 atom stereocenters. The molecule has 0 spiro atoms. The van der Waals surface area contributed by atoms with E-state index in [-0.39, 0.29) is 17.7 Å². The Morgan fingerprint density at radius 1 is 0.906 bits per heavy atom. The molecule has 0 aliphatic carbocycles. The fourth-order valence-corrected chi connectivity index (χ4v) is 2.70. The third kappa shape index (κ3) is 7.56. The molecule has 0 aliphatic rings. The highest BCUT2D eigenvalue weighted by Crippen LogP contribution is 2.10. The van der Waals surface area contributed by atoms with Gasteiger partial charge in [0.15, 0.2) is 0 Å². The van der Waals surface area contributed by atoms with Crippen LogP contribution in [0.15, 0.2) is 48.5 Å². The van der Waals surface area contributed by atoms with Crippen molar-refractivity contribution in [1.82, 2.24) is 10.8 Å². The summed E-state index contributed by atoms with van der Waals surface area (Å²) in [6.07, 6.45) is 0.425. The van der Waals surface area contributed by atoms with E-state index in [2.05, 4.69) is 28.0 Å². The first-order chi connectivity index (χ1) is 15.3. The first kappa shape index (κ1) is 24.6. The van der Waals surface area contributed by atoms with Crippen LogP contribution in [0.25, 0.3) is 0 Å². The molecule has 32 heavy (non-hydrogen) atoms. The molecule has 3 N–H and O–H groups in total. The predicted octanol–water partition coefficient (Wildman–Crippen LogP) is 3.26. The molecule has 0 aromatic heterocycles. The average molecular weight is 436 g/mol. The molecule has 0 bridgehead atoms. The molecule has 0 saturated heterocycles.